The van der Waals surface area contributed by atoms with Crippen LogP contribution in [0.4, 0.5) is 8.78 Å². The van der Waals surface area contributed by atoms with Crippen molar-refractivity contribution in [1.82, 2.24) is 4.98 Å². The Bertz CT molecular complexity index is 459. The number of pyridine rings is 1. The molecule has 0 aliphatic rings. The molecule has 1 rings (SSSR count). The second kappa shape index (κ2) is 6.10. The van der Waals surface area contributed by atoms with Gasteiger partial charge in [-0.25, -0.2) is 13.8 Å². The summed E-state index contributed by atoms with van der Waals surface area (Å²) in [7, 11) is 0. The van der Waals surface area contributed by atoms with E-state index in [-0.39, 0.29) is 18.1 Å². The summed E-state index contributed by atoms with van der Waals surface area (Å²) in [6, 6.07) is 3.13. The number of hydrogen-bond donors (Lipinski definition) is 1. The van der Waals surface area contributed by atoms with Crippen LogP contribution in [-0.2, 0) is 0 Å². The molecule has 106 valence electrons. The summed E-state index contributed by atoms with van der Waals surface area (Å²) in [5.41, 5.74) is 6.49. The van der Waals surface area contributed by atoms with Crippen molar-refractivity contribution >= 4 is 0 Å². The van der Waals surface area contributed by atoms with E-state index in [2.05, 4.69) is 11.6 Å². The maximum Gasteiger partial charge on any atom is 0.284 e. The van der Waals surface area contributed by atoms with E-state index in [9.17, 15) is 8.78 Å². The van der Waals surface area contributed by atoms with Gasteiger partial charge in [0.25, 0.3) is 6.43 Å². The average molecular weight is 270 g/mol. The third kappa shape index (κ3) is 4.95. The molecule has 0 aromatic carbocycles. The highest BCUT2D eigenvalue weighted by Crippen LogP contribution is 2.28. The Hall–Kier alpha value is -1.49. The van der Waals surface area contributed by atoms with Gasteiger partial charge in [-0.1, -0.05) is 5.57 Å². The minimum Gasteiger partial charge on any atom is -0.490 e. The number of nitrogens with zero attached hydrogens (tertiary/aromatic N) is 1. The van der Waals surface area contributed by atoms with Crippen LogP contribution in [0.5, 0.6) is 5.75 Å². The number of rotatable bonds is 6. The zero-order valence-corrected chi connectivity index (χ0v) is 11.5. The Morgan fingerprint density at radius 3 is 2.68 bits per heavy atom. The standard InChI is InChI=1S/C14H20F2N2O/c1-9(2)7-14(4,17)8-19-11-6-5-10(3)18-12(11)13(15)16/h5-6,13H,1,7-8,17H2,2-4H3. The third-order valence-corrected chi connectivity index (χ3v) is 2.49. The maximum atomic E-state index is 12.8. The Kier molecular flexibility index (Phi) is 5.00. The Morgan fingerprint density at radius 1 is 1.53 bits per heavy atom. The highest BCUT2D eigenvalue weighted by Gasteiger charge is 2.22. The first-order chi connectivity index (χ1) is 8.71. The fourth-order valence-electron chi connectivity index (χ4n) is 1.83. The summed E-state index contributed by atoms with van der Waals surface area (Å²) in [6.07, 6.45) is -2.10. The molecule has 0 aliphatic heterocycles. The molecule has 0 saturated carbocycles. The van der Waals surface area contributed by atoms with Gasteiger partial charge in [-0.05, 0) is 39.3 Å². The molecule has 2 N–H and O–H groups in total. The first kappa shape index (κ1) is 15.6. The molecular formula is C14H20F2N2O. The van der Waals surface area contributed by atoms with Crippen LogP contribution in [0.15, 0.2) is 24.3 Å². The quantitative estimate of drug-likeness (QED) is 0.806. The molecule has 19 heavy (non-hydrogen) atoms. The predicted octanol–water partition coefficient (Wildman–Crippen LogP) is 3.39. The van der Waals surface area contributed by atoms with Crippen LogP contribution in [0.3, 0.4) is 0 Å². The van der Waals surface area contributed by atoms with Crippen molar-refractivity contribution in [2.45, 2.75) is 39.2 Å². The van der Waals surface area contributed by atoms with E-state index < -0.39 is 12.0 Å². The normalized spacial score (nSPS) is 14.3. The molecule has 1 atom stereocenters. The monoisotopic (exact) mass is 270 g/mol. The van der Waals surface area contributed by atoms with Gasteiger partial charge in [-0.2, -0.15) is 0 Å². The Labute approximate surface area is 112 Å². The molecular weight excluding hydrogens is 250 g/mol. The second-order valence-corrected chi connectivity index (χ2v) is 5.21. The van der Waals surface area contributed by atoms with Gasteiger partial charge in [-0.3, -0.25) is 0 Å². The summed E-state index contributed by atoms with van der Waals surface area (Å²) in [5, 5.41) is 0. The first-order valence-corrected chi connectivity index (χ1v) is 6.03. The van der Waals surface area contributed by atoms with E-state index in [0.717, 1.165) is 5.57 Å². The zero-order chi connectivity index (χ0) is 14.6. The summed E-state index contributed by atoms with van der Waals surface area (Å²) in [5.74, 6) is 0.0824. The van der Waals surface area contributed by atoms with Crippen LogP contribution >= 0.6 is 0 Å². The largest absolute Gasteiger partial charge is 0.490 e. The van der Waals surface area contributed by atoms with Crippen molar-refractivity contribution < 1.29 is 13.5 Å². The van der Waals surface area contributed by atoms with Gasteiger partial charge in [0, 0.05) is 5.69 Å². The van der Waals surface area contributed by atoms with Gasteiger partial charge in [-0.15, -0.1) is 6.58 Å². The molecule has 0 fully saturated rings. The lowest BCUT2D eigenvalue weighted by molar-refractivity contribution is 0.135. The number of hydrogen-bond acceptors (Lipinski definition) is 3. The summed E-state index contributed by atoms with van der Waals surface area (Å²) < 4.78 is 31.1. The molecule has 1 unspecified atom stereocenters. The highest BCUT2D eigenvalue weighted by atomic mass is 19.3. The number of alkyl halides is 2. The average Bonchev–Trinajstić information content (AvgIpc) is 2.25. The summed E-state index contributed by atoms with van der Waals surface area (Å²) in [6.45, 7) is 9.23. The number of halogens is 2. The minimum atomic E-state index is -2.67. The van der Waals surface area contributed by atoms with Crippen molar-refractivity contribution in [3.63, 3.8) is 0 Å². The third-order valence-electron chi connectivity index (χ3n) is 2.49. The molecule has 5 heteroatoms. The van der Waals surface area contributed by atoms with Gasteiger partial charge in [0.2, 0.25) is 0 Å². The van der Waals surface area contributed by atoms with Gasteiger partial charge < -0.3 is 10.5 Å². The van der Waals surface area contributed by atoms with Crippen molar-refractivity contribution in [3.8, 4) is 5.75 Å². The van der Waals surface area contributed by atoms with Gasteiger partial charge in [0.15, 0.2) is 0 Å². The zero-order valence-electron chi connectivity index (χ0n) is 11.5. The van der Waals surface area contributed by atoms with Gasteiger partial charge >= 0.3 is 0 Å². The van der Waals surface area contributed by atoms with Gasteiger partial charge in [0.1, 0.15) is 18.1 Å². The number of aryl methyl sites for hydroxylation is 1. The van der Waals surface area contributed by atoms with Crippen LogP contribution in [0.1, 0.15) is 38.1 Å². The van der Waals surface area contributed by atoms with Gasteiger partial charge in [0.05, 0.1) is 5.54 Å². The number of ether oxygens (including phenoxy) is 1. The molecule has 0 radical (unpaired) electrons. The molecule has 0 amide bonds. The number of nitrogens with two attached hydrogens (primary N) is 1. The van der Waals surface area contributed by atoms with Crippen molar-refractivity contribution in [2.24, 2.45) is 5.73 Å². The number of aromatic nitrogens is 1. The molecule has 0 bridgehead atoms. The smallest absolute Gasteiger partial charge is 0.284 e. The van der Waals surface area contributed by atoms with Crippen LogP contribution in [-0.4, -0.2) is 17.1 Å². The minimum absolute atomic E-state index is 0.0824. The predicted molar refractivity (Wildman–Crippen MR) is 71.4 cm³/mol. The summed E-state index contributed by atoms with van der Waals surface area (Å²) in [4.78, 5) is 3.80. The SMILES string of the molecule is C=C(C)CC(C)(N)COc1ccc(C)nc1C(F)F. The molecule has 1 aromatic rings. The second-order valence-electron chi connectivity index (χ2n) is 5.21. The summed E-state index contributed by atoms with van der Waals surface area (Å²) >= 11 is 0. The van der Waals surface area contributed by atoms with E-state index in [0.29, 0.717) is 12.1 Å². The van der Waals surface area contributed by atoms with Crippen molar-refractivity contribution in [3.05, 3.63) is 35.7 Å². The van der Waals surface area contributed by atoms with Crippen molar-refractivity contribution in [2.75, 3.05) is 6.61 Å². The first-order valence-electron chi connectivity index (χ1n) is 6.03. The fourth-order valence-corrected chi connectivity index (χ4v) is 1.83. The lowest BCUT2D eigenvalue weighted by Crippen LogP contribution is -2.42. The molecule has 0 spiro atoms. The Morgan fingerprint density at radius 2 is 2.16 bits per heavy atom. The van der Waals surface area contributed by atoms with E-state index in [1.165, 1.54) is 6.07 Å². The van der Waals surface area contributed by atoms with E-state index >= 15 is 0 Å². The van der Waals surface area contributed by atoms with Crippen LogP contribution in [0, 0.1) is 6.92 Å². The van der Waals surface area contributed by atoms with Crippen LogP contribution in [0.2, 0.25) is 0 Å². The molecule has 3 nitrogen and oxygen atoms in total. The maximum absolute atomic E-state index is 12.8. The highest BCUT2D eigenvalue weighted by molar-refractivity contribution is 5.30. The molecule has 0 aliphatic carbocycles. The molecule has 0 saturated heterocycles. The fraction of sp³-hybridized carbons (Fsp3) is 0.500. The van der Waals surface area contributed by atoms with E-state index in [1.807, 2.05) is 6.92 Å². The van der Waals surface area contributed by atoms with Crippen LogP contribution in [0.25, 0.3) is 0 Å². The Balaban J connectivity index is 2.80. The topological polar surface area (TPSA) is 48.1 Å². The molecule has 1 heterocycles. The lowest BCUT2D eigenvalue weighted by Gasteiger charge is -2.25. The van der Waals surface area contributed by atoms with E-state index in [1.54, 1.807) is 19.9 Å². The molecule has 1 aromatic heterocycles. The van der Waals surface area contributed by atoms with E-state index in [4.69, 9.17) is 10.5 Å². The lowest BCUT2D eigenvalue weighted by atomic mass is 9.96. The van der Waals surface area contributed by atoms with Crippen LogP contribution < -0.4 is 10.5 Å². The van der Waals surface area contributed by atoms with Crippen molar-refractivity contribution in [1.29, 1.82) is 0 Å².